The molecular weight excluding hydrogens is 466 g/mol. The van der Waals surface area contributed by atoms with Crippen LogP contribution in [0.4, 0.5) is 4.79 Å². The maximum absolute atomic E-state index is 13.0. The third kappa shape index (κ3) is 5.17. The highest BCUT2D eigenvalue weighted by Crippen LogP contribution is 2.38. The van der Waals surface area contributed by atoms with E-state index >= 15 is 0 Å². The van der Waals surface area contributed by atoms with E-state index in [2.05, 4.69) is 34.5 Å². The summed E-state index contributed by atoms with van der Waals surface area (Å²) < 4.78 is 11.3. The molecule has 3 aromatic rings. The molecule has 8 heteroatoms. The predicted octanol–water partition coefficient (Wildman–Crippen LogP) is 5.88. The Balaban J connectivity index is 1.33. The van der Waals surface area contributed by atoms with Crippen molar-refractivity contribution in [2.24, 2.45) is 5.92 Å². The van der Waals surface area contributed by atoms with Crippen LogP contribution in [-0.4, -0.2) is 40.3 Å². The number of piperidine rings is 1. The number of nitriles is 1. The molecule has 1 atom stereocenters. The van der Waals surface area contributed by atoms with Gasteiger partial charge in [-0.1, -0.05) is 36.7 Å². The number of hydrogen-bond acceptors (Lipinski definition) is 6. The van der Waals surface area contributed by atoms with Gasteiger partial charge in [0, 0.05) is 24.2 Å². The first-order chi connectivity index (χ1) is 18.0. The number of likely N-dealkylation sites (tertiary alicyclic amines) is 1. The number of carbonyl (C=O) groups excluding carboxylic acids is 1. The van der Waals surface area contributed by atoms with Gasteiger partial charge in [0.2, 0.25) is 5.82 Å². The minimum Gasteiger partial charge on any atom is -0.490 e. The lowest BCUT2D eigenvalue weighted by molar-refractivity contribution is 0.166. The van der Waals surface area contributed by atoms with E-state index in [9.17, 15) is 10.1 Å². The van der Waals surface area contributed by atoms with Gasteiger partial charge in [0.15, 0.2) is 0 Å². The highest BCUT2D eigenvalue weighted by Gasteiger charge is 2.30. The number of aromatic nitrogens is 2. The Morgan fingerprint density at radius 3 is 2.78 bits per heavy atom. The fourth-order valence-corrected chi connectivity index (χ4v) is 5.36. The highest BCUT2D eigenvalue weighted by molar-refractivity contribution is 5.76. The van der Waals surface area contributed by atoms with Crippen molar-refractivity contribution in [1.82, 2.24) is 20.4 Å². The van der Waals surface area contributed by atoms with E-state index in [-0.39, 0.29) is 18.2 Å². The van der Waals surface area contributed by atoms with Crippen molar-refractivity contribution in [3.05, 3.63) is 53.1 Å². The number of rotatable bonds is 6. The molecule has 192 valence electrons. The molecule has 1 N–H and O–H groups in total. The zero-order chi connectivity index (χ0) is 25.9. The molecule has 37 heavy (non-hydrogen) atoms. The van der Waals surface area contributed by atoms with Gasteiger partial charge in [0.25, 0.3) is 5.89 Å². The van der Waals surface area contributed by atoms with Crippen LogP contribution in [0.2, 0.25) is 0 Å². The van der Waals surface area contributed by atoms with Crippen LogP contribution in [-0.2, 0) is 6.42 Å². The molecule has 0 spiro atoms. The summed E-state index contributed by atoms with van der Waals surface area (Å²) in [4.78, 5) is 19.5. The topological polar surface area (TPSA) is 104 Å². The van der Waals surface area contributed by atoms with Crippen molar-refractivity contribution in [2.75, 3.05) is 13.1 Å². The van der Waals surface area contributed by atoms with Gasteiger partial charge in [0.05, 0.1) is 17.7 Å². The molecule has 1 aliphatic heterocycles. The fourth-order valence-electron chi connectivity index (χ4n) is 5.36. The predicted molar refractivity (Wildman–Crippen MR) is 140 cm³/mol. The molecule has 1 unspecified atom stereocenters. The summed E-state index contributed by atoms with van der Waals surface area (Å²) in [5, 5.41) is 17.1. The number of hydrogen-bond donors (Lipinski definition) is 1. The molecule has 8 nitrogen and oxygen atoms in total. The Bertz CT molecular complexity index is 1320. The quantitative estimate of drug-likeness (QED) is 0.454. The minimum atomic E-state index is -0.0324. The molecule has 2 aromatic carbocycles. The summed E-state index contributed by atoms with van der Waals surface area (Å²) in [6.07, 6.45) is 4.99. The van der Waals surface area contributed by atoms with E-state index < -0.39 is 0 Å². The number of fused-ring (bicyclic) bond motifs is 1. The van der Waals surface area contributed by atoms with Crippen molar-refractivity contribution < 1.29 is 14.1 Å². The monoisotopic (exact) mass is 499 g/mol. The maximum atomic E-state index is 13.0. The Morgan fingerprint density at radius 1 is 1.24 bits per heavy atom. The Labute approximate surface area is 217 Å². The van der Waals surface area contributed by atoms with Gasteiger partial charge < -0.3 is 19.5 Å². The third-order valence-corrected chi connectivity index (χ3v) is 7.42. The second-order valence-corrected chi connectivity index (χ2v) is 10.2. The third-order valence-electron chi connectivity index (χ3n) is 7.42. The minimum absolute atomic E-state index is 0.0237. The standard InChI is InChI=1S/C29H33N5O3/c1-4-19-12-14-34(15-13-19)29(35)31-25-10-9-22-23(25)6-5-7-24(22)27-32-28(37-33-27)20-8-11-26(36-18(2)3)21(16-20)17-30/h5-8,11,16,18-19,25H,4,9-10,12-15H2,1-3H3,(H,31,35). The number of benzene rings is 2. The molecule has 1 aromatic heterocycles. The summed E-state index contributed by atoms with van der Waals surface area (Å²) in [6, 6.07) is 13.5. The first-order valence-electron chi connectivity index (χ1n) is 13.2. The van der Waals surface area contributed by atoms with Gasteiger partial charge in [-0.05, 0) is 74.8 Å². The average molecular weight is 500 g/mol. The zero-order valence-electron chi connectivity index (χ0n) is 21.7. The van der Waals surface area contributed by atoms with Crippen molar-refractivity contribution in [3.8, 4) is 34.7 Å². The van der Waals surface area contributed by atoms with Crippen molar-refractivity contribution >= 4 is 6.03 Å². The van der Waals surface area contributed by atoms with E-state index in [4.69, 9.17) is 9.26 Å². The number of ether oxygens (including phenoxy) is 1. The number of carbonyl (C=O) groups is 1. The molecule has 5 rings (SSSR count). The lowest BCUT2D eigenvalue weighted by Crippen LogP contribution is -2.45. The van der Waals surface area contributed by atoms with Crippen LogP contribution in [0.3, 0.4) is 0 Å². The van der Waals surface area contributed by atoms with Crippen LogP contribution < -0.4 is 10.1 Å². The largest absolute Gasteiger partial charge is 0.490 e. The second kappa shape index (κ2) is 10.6. The van der Waals surface area contributed by atoms with E-state index in [1.54, 1.807) is 12.1 Å². The van der Waals surface area contributed by atoms with Crippen LogP contribution in [0.5, 0.6) is 5.75 Å². The van der Waals surface area contributed by atoms with Crippen molar-refractivity contribution in [2.45, 2.75) is 65.0 Å². The Morgan fingerprint density at radius 2 is 2.05 bits per heavy atom. The van der Waals surface area contributed by atoms with Crippen LogP contribution in [0.15, 0.2) is 40.9 Å². The number of nitrogens with one attached hydrogen (secondary N) is 1. The van der Waals surface area contributed by atoms with Crippen molar-refractivity contribution in [3.63, 3.8) is 0 Å². The smallest absolute Gasteiger partial charge is 0.317 e. The molecule has 2 amide bonds. The zero-order valence-corrected chi connectivity index (χ0v) is 21.7. The van der Waals surface area contributed by atoms with E-state index in [0.29, 0.717) is 28.6 Å². The first-order valence-corrected chi connectivity index (χ1v) is 13.2. The van der Waals surface area contributed by atoms with Gasteiger partial charge >= 0.3 is 6.03 Å². The van der Waals surface area contributed by atoms with Crippen LogP contribution in [0.25, 0.3) is 22.8 Å². The van der Waals surface area contributed by atoms with Crippen LogP contribution in [0.1, 0.15) is 69.2 Å². The van der Waals surface area contributed by atoms with E-state index in [1.807, 2.05) is 36.9 Å². The van der Waals surface area contributed by atoms with Gasteiger partial charge in [-0.2, -0.15) is 10.2 Å². The number of amides is 2. The summed E-state index contributed by atoms with van der Waals surface area (Å²) in [7, 11) is 0. The maximum Gasteiger partial charge on any atom is 0.317 e. The van der Waals surface area contributed by atoms with Crippen LogP contribution in [0, 0.1) is 17.2 Å². The summed E-state index contributed by atoms with van der Waals surface area (Å²) in [6.45, 7) is 7.72. The SMILES string of the molecule is CCC1CCN(C(=O)NC2CCc3c(-c4noc(-c5ccc(OC(C)C)c(C#N)c5)n4)cccc32)CC1. The van der Waals surface area contributed by atoms with Gasteiger partial charge in [-0.3, -0.25) is 0 Å². The second-order valence-electron chi connectivity index (χ2n) is 10.2. The molecule has 1 fully saturated rings. The summed E-state index contributed by atoms with van der Waals surface area (Å²) >= 11 is 0. The van der Waals surface area contributed by atoms with E-state index in [0.717, 1.165) is 61.4 Å². The molecule has 2 heterocycles. The first kappa shape index (κ1) is 24.8. The Hall–Kier alpha value is -3.86. The molecule has 1 saturated heterocycles. The number of nitrogens with zero attached hydrogens (tertiary/aromatic N) is 4. The summed E-state index contributed by atoms with van der Waals surface area (Å²) in [5.41, 5.74) is 4.25. The molecule has 0 saturated carbocycles. The molecule has 2 aliphatic rings. The van der Waals surface area contributed by atoms with Crippen molar-refractivity contribution in [1.29, 1.82) is 5.26 Å². The van der Waals surface area contributed by atoms with Crippen LogP contribution >= 0.6 is 0 Å². The number of urea groups is 1. The lowest BCUT2D eigenvalue weighted by atomic mass is 9.95. The average Bonchev–Trinajstić information content (AvgIpc) is 3.56. The van der Waals surface area contributed by atoms with E-state index in [1.165, 1.54) is 6.42 Å². The normalized spacial score (nSPS) is 17.5. The summed E-state index contributed by atoms with van der Waals surface area (Å²) in [5.74, 6) is 2.11. The molecule has 0 radical (unpaired) electrons. The Kier molecular flexibility index (Phi) is 7.13. The molecule has 0 bridgehead atoms. The fraction of sp³-hybridized carbons (Fsp3) is 0.448. The lowest BCUT2D eigenvalue weighted by Gasteiger charge is -2.32. The highest BCUT2D eigenvalue weighted by atomic mass is 16.5. The molecule has 1 aliphatic carbocycles. The van der Waals surface area contributed by atoms with Gasteiger partial charge in [-0.25, -0.2) is 4.79 Å². The van der Waals surface area contributed by atoms with Gasteiger partial charge in [0.1, 0.15) is 11.8 Å². The molecular formula is C29H33N5O3. The van der Waals surface area contributed by atoms with Gasteiger partial charge in [-0.15, -0.1) is 0 Å².